The number of alkyl halides is 10. The Morgan fingerprint density at radius 3 is 1.69 bits per heavy atom. The van der Waals surface area contributed by atoms with Crippen LogP contribution in [0.1, 0.15) is 41.6 Å². The van der Waals surface area contributed by atoms with E-state index in [1.807, 2.05) is 0 Å². The van der Waals surface area contributed by atoms with Gasteiger partial charge in [0.05, 0.1) is 18.8 Å². The minimum atomic E-state index is -5.80. The van der Waals surface area contributed by atoms with Crippen molar-refractivity contribution in [3.63, 3.8) is 0 Å². The third-order valence-electron chi connectivity index (χ3n) is 5.30. The number of carboxylic acid groups (broad SMARTS) is 1. The van der Waals surface area contributed by atoms with Crippen LogP contribution in [0.15, 0.2) is 48.5 Å². The van der Waals surface area contributed by atoms with Crippen LogP contribution in [0.25, 0.3) is 6.08 Å². The Hall–Kier alpha value is -3.98. The van der Waals surface area contributed by atoms with Gasteiger partial charge in [0.25, 0.3) is 0 Å². The number of halogens is 10. The third-order valence-corrected chi connectivity index (χ3v) is 5.30. The fraction of sp³-hybridized carbons (Fsp3) is 0.385. The van der Waals surface area contributed by atoms with E-state index in [9.17, 15) is 53.5 Å². The maximum Gasteiger partial charge on any atom is 0.453 e. The van der Waals surface area contributed by atoms with Crippen LogP contribution in [0, 0.1) is 0 Å². The minimum Gasteiger partial charge on any atom is -0.490 e. The number of ether oxygens (including phenoxy) is 3. The summed E-state index contributed by atoms with van der Waals surface area (Å²) in [5.74, 6) is -12.9. The summed E-state index contributed by atoms with van der Waals surface area (Å²) in [7, 11) is 0. The van der Waals surface area contributed by atoms with Crippen LogP contribution >= 0.6 is 0 Å². The van der Waals surface area contributed by atoms with Gasteiger partial charge in [-0.2, -0.15) is 43.9 Å². The first-order chi connectivity index (χ1) is 19.3. The molecule has 0 fully saturated rings. The van der Waals surface area contributed by atoms with Crippen LogP contribution in [0.2, 0.25) is 0 Å². The summed E-state index contributed by atoms with van der Waals surface area (Å²) >= 11 is 0. The molecule has 2 aromatic rings. The molecular weight excluding hydrogens is 598 g/mol. The summed E-state index contributed by atoms with van der Waals surface area (Å²) in [6.45, 7) is -1.43. The molecule has 2 aromatic carbocycles. The third kappa shape index (κ3) is 10.1. The first-order valence-electron chi connectivity index (χ1n) is 11.8. The van der Waals surface area contributed by atoms with Gasteiger partial charge in [-0.25, -0.2) is 9.59 Å². The molecule has 0 spiro atoms. The Kier molecular flexibility index (Phi) is 11.2. The number of hydrogen-bond donors (Lipinski definition) is 1. The van der Waals surface area contributed by atoms with Crippen molar-refractivity contribution in [3.8, 4) is 17.2 Å². The summed E-state index contributed by atoms with van der Waals surface area (Å²) in [6.07, 6.45) is -14.3. The first-order valence-corrected chi connectivity index (χ1v) is 11.8. The molecule has 232 valence electrons. The van der Waals surface area contributed by atoms with Crippen molar-refractivity contribution >= 4 is 18.0 Å². The molecule has 0 bridgehead atoms. The van der Waals surface area contributed by atoms with Crippen molar-refractivity contribution in [2.45, 2.75) is 49.9 Å². The van der Waals surface area contributed by atoms with E-state index in [2.05, 4.69) is 0 Å². The second-order valence-electron chi connectivity index (χ2n) is 8.60. The smallest absolute Gasteiger partial charge is 0.453 e. The van der Waals surface area contributed by atoms with Crippen molar-refractivity contribution in [2.24, 2.45) is 0 Å². The molecule has 16 heteroatoms. The summed E-state index contributed by atoms with van der Waals surface area (Å²) < 4.78 is 142. The average Bonchev–Trinajstić information content (AvgIpc) is 2.87. The van der Waals surface area contributed by atoms with Gasteiger partial charge in [-0.1, -0.05) is 12.1 Å². The van der Waals surface area contributed by atoms with Crippen molar-refractivity contribution in [3.05, 3.63) is 59.7 Å². The number of carbonyl (C=O) groups is 2. The van der Waals surface area contributed by atoms with Gasteiger partial charge in [0.15, 0.2) is 11.5 Å². The maximum absolute atomic E-state index is 13.2. The van der Waals surface area contributed by atoms with Gasteiger partial charge >= 0.3 is 36.1 Å². The predicted molar refractivity (Wildman–Crippen MR) is 126 cm³/mol. The van der Waals surface area contributed by atoms with Crippen LogP contribution in [0.3, 0.4) is 0 Å². The molecule has 2 rings (SSSR count). The molecular formula is C26H22F10O6. The first kappa shape index (κ1) is 34.2. The van der Waals surface area contributed by atoms with Gasteiger partial charge in [-0.3, -0.25) is 0 Å². The van der Waals surface area contributed by atoms with E-state index in [-0.39, 0.29) is 17.1 Å². The van der Waals surface area contributed by atoms with Gasteiger partial charge in [-0.05, 0) is 54.8 Å². The van der Waals surface area contributed by atoms with Gasteiger partial charge in [0.2, 0.25) is 0 Å². The molecule has 0 heterocycles. The largest absolute Gasteiger partial charge is 0.490 e. The van der Waals surface area contributed by atoms with E-state index in [1.165, 1.54) is 30.3 Å². The zero-order chi connectivity index (χ0) is 31.8. The molecule has 0 atom stereocenters. The van der Waals surface area contributed by atoms with Crippen LogP contribution in [-0.2, 0) is 4.79 Å². The van der Waals surface area contributed by atoms with Crippen molar-refractivity contribution in [1.82, 2.24) is 0 Å². The Morgan fingerprint density at radius 1 is 0.714 bits per heavy atom. The number of esters is 1. The quantitative estimate of drug-likeness (QED) is 0.0766. The van der Waals surface area contributed by atoms with Crippen molar-refractivity contribution in [1.29, 1.82) is 0 Å². The lowest BCUT2D eigenvalue weighted by Crippen LogP contribution is -2.36. The molecule has 0 saturated carbocycles. The fourth-order valence-electron chi connectivity index (χ4n) is 3.08. The van der Waals surface area contributed by atoms with Crippen LogP contribution in [0.4, 0.5) is 43.9 Å². The summed E-state index contributed by atoms with van der Waals surface area (Å²) in [6, 6.07) is 8.58. The Bertz CT molecular complexity index is 1240. The van der Waals surface area contributed by atoms with E-state index < -0.39 is 80.8 Å². The number of carbonyl (C=O) groups excluding carboxylic acids is 1. The number of carboxylic acids is 1. The molecule has 0 saturated heterocycles. The maximum atomic E-state index is 13.2. The number of benzene rings is 2. The lowest BCUT2D eigenvalue weighted by atomic mass is 10.1. The monoisotopic (exact) mass is 620 g/mol. The Balaban J connectivity index is 2.14. The van der Waals surface area contributed by atoms with E-state index in [0.717, 1.165) is 24.3 Å². The summed E-state index contributed by atoms with van der Waals surface area (Å²) in [4.78, 5) is 23.2. The predicted octanol–water partition coefficient (Wildman–Crippen LogP) is 7.72. The SMILES string of the molecule is O=C(O)C=Cc1ccc(OC(=O)c2ccc(OCCCC(F)(F)C(F)(F)F)c(OCCCC(F)(F)C(F)(F)F)c2)cc1. The normalized spacial score (nSPS) is 12.8. The second kappa shape index (κ2) is 13.8. The highest BCUT2D eigenvalue weighted by molar-refractivity contribution is 5.92. The minimum absolute atomic E-state index is 0.00949. The molecule has 0 radical (unpaired) electrons. The zero-order valence-corrected chi connectivity index (χ0v) is 21.2. The molecule has 6 nitrogen and oxygen atoms in total. The highest BCUT2D eigenvalue weighted by Gasteiger charge is 2.57. The fourth-order valence-corrected chi connectivity index (χ4v) is 3.08. The Morgan fingerprint density at radius 2 is 1.21 bits per heavy atom. The lowest BCUT2D eigenvalue weighted by Gasteiger charge is -2.20. The standard InChI is InChI=1S/C26H22F10O6/c27-23(28,25(31,32)33)11-1-13-40-19-9-6-17(15-20(19)41-14-2-12-24(29,30)26(34,35)36)22(39)42-18-7-3-16(4-8-18)5-10-21(37)38/h3-10,15H,1-2,11-14H2,(H,37,38). The number of rotatable bonds is 14. The average molecular weight is 620 g/mol. The molecule has 0 aliphatic rings. The van der Waals surface area contributed by atoms with Gasteiger partial charge < -0.3 is 19.3 Å². The van der Waals surface area contributed by atoms with E-state index in [1.54, 1.807) is 0 Å². The molecule has 0 unspecified atom stereocenters. The molecule has 0 aliphatic heterocycles. The topological polar surface area (TPSA) is 82.1 Å². The van der Waals surface area contributed by atoms with E-state index >= 15 is 0 Å². The van der Waals surface area contributed by atoms with E-state index in [0.29, 0.717) is 5.56 Å². The highest BCUT2D eigenvalue weighted by Crippen LogP contribution is 2.40. The number of aliphatic carboxylic acids is 1. The van der Waals surface area contributed by atoms with Gasteiger partial charge in [0, 0.05) is 18.9 Å². The highest BCUT2D eigenvalue weighted by atomic mass is 19.4. The molecule has 0 aliphatic carbocycles. The summed E-state index contributed by atoms with van der Waals surface area (Å²) in [5.41, 5.74) is 0.218. The van der Waals surface area contributed by atoms with E-state index in [4.69, 9.17) is 19.3 Å². The van der Waals surface area contributed by atoms with Gasteiger partial charge in [0.1, 0.15) is 5.75 Å². The lowest BCUT2D eigenvalue weighted by molar-refractivity contribution is -0.284. The molecule has 42 heavy (non-hydrogen) atoms. The van der Waals surface area contributed by atoms with Crippen LogP contribution in [0.5, 0.6) is 17.2 Å². The zero-order valence-electron chi connectivity index (χ0n) is 21.2. The van der Waals surface area contributed by atoms with Crippen LogP contribution < -0.4 is 14.2 Å². The molecule has 0 amide bonds. The van der Waals surface area contributed by atoms with Crippen LogP contribution in [-0.4, -0.2) is 54.5 Å². The molecule has 1 N–H and O–H groups in total. The molecule has 0 aromatic heterocycles. The number of hydrogen-bond acceptors (Lipinski definition) is 5. The van der Waals surface area contributed by atoms with Crippen molar-refractivity contribution in [2.75, 3.05) is 13.2 Å². The Labute approximate surface area is 231 Å². The second-order valence-corrected chi connectivity index (χ2v) is 8.60. The summed E-state index contributed by atoms with van der Waals surface area (Å²) in [5, 5.41) is 8.65. The van der Waals surface area contributed by atoms with Crippen molar-refractivity contribution < 1.29 is 72.8 Å². The van der Waals surface area contributed by atoms with Gasteiger partial charge in [-0.15, -0.1) is 0 Å².